The number of rotatable bonds is 7. The van der Waals surface area contributed by atoms with Gasteiger partial charge in [-0.2, -0.15) is 5.10 Å². The molecule has 0 radical (unpaired) electrons. The molecule has 26 heavy (non-hydrogen) atoms. The molecule has 0 bridgehead atoms. The fourth-order valence-corrected chi connectivity index (χ4v) is 3.07. The number of carbonyl (C=O) groups excluding carboxylic acids is 2. The van der Waals surface area contributed by atoms with Crippen molar-refractivity contribution in [2.45, 2.75) is 51.2 Å². The lowest BCUT2D eigenvalue weighted by Gasteiger charge is -2.34. The SMILES string of the molecule is CCC(Oc1ccccc1)C(=O)Nc1cc([C@H]2C[C@@H](NC(C)=O)C2)n[nH]1. The number of aromatic amines is 1. The van der Waals surface area contributed by atoms with E-state index in [0.717, 1.165) is 18.5 Å². The molecule has 138 valence electrons. The summed E-state index contributed by atoms with van der Waals surface area (Å²) in [5.41, 5.74) is 0.902. The van der Waals surface area contributed by atoms with Crippen LogP contribution in [0, 0.1) is 0 Å². The number of nitrogens with zero attached hydrogens (tertiary/aromatic N) is 1. The first-order chi connectivity index (χ1) is 12.5. The van der Waals surface area contributed by atoms with Gasteiger partial charge in [-0.05, 0) is 31.4 Å². The first kappa shape index (κ1) is 18.0. The van der Waals surface area contributed by atoms with Crippen LogP contribution in [0.1, 0.15) is 44.7 Å². The molecule has 1 aliphatic carbocycles. The smallest absolute Gasteiger partial charge is 0.266 e. The summed E-state index contributed by atoms with van der Waals surface area (Å²) in [6.45, 7) is 3.43. The predicted molar refractivity (Wildman–Crippen MR) is 97.9 cm³/mol. The van der Waals surface area contributed by atoms with E-state index in [9.17, 15) is 9.59 Å². The Morgan fingerprint density at radius 3 is 2.69 bits per heavy atom. The summed E-state index contributed by atoms with van der Waals surface area (Å²) in [4.78, 5) is 23.5. The fourth-order valence-electron chi connectivity index (χ4n) is 3.07. The van der Waals surface area contributed by atoms with Crippen LogP contribution in [0.3, 0.4) is 0 Å². The molecule has 1 atom stereocenters. The Morgan fingerprint density at radius 2 is 2.04 bits per heavy atom. The number of anilines is 1. The number of carbonyl (C=O) groups is 2. The van der Waals surface area contributed by atoms with Gasteiger partial charge in [-0.3, -0.25) is 14.7 Å². The van der Waals surface area contributed by atoms with Gasteiger partial charge in [0.25, 0.3) is 5.91 Å². The number of benzene rings is 1. The number of amides is 2. The first-order valence-electron chi connectivity index (χ1n) is 8.90. The van der Waals surface area contributed by atoms with Crippen molar-refractivity contribution >= 4 is 17.6 Å². The van der Waals surface area contributed by atoms with Crippen LogP contribution in [0.25, 0.3) is 0 Å². The van der Waals surface area contributed by atoms with Crippen LogP contribution in [-0.2, 0) is 9.59 Å². The average Bonchev–Trinajstić information content (AvgIpc) is 3.04. The molecule has 1 saturated carbocycles. The predicted octanol–water partition coefficient (Wildman–Crippen LogP) is 2.59. The highest BCUT2D eigenvalue weighted by Crippen LogP contribution is 2.36. The minimum absolute atomic E-state index is 0.00699. The maximum atomic E-state index is 12.5. The molecule has 1 fully saturated rings. The largest absolute Gasteiger partial charge is 0.481 e. The third-order valence-electron chi connectivity index (χ3n) is 4.50. The van der Waals surface area contributed by atoms with Gasteiger partial charge in [0.15, 0.2) is 6.10 Å². The lowest BCUT2D eigenvalue weighted by molar-refractivity contribution is -0.123. The summed E-state index contributed by atoms with van der Waals surface area (Å²) in [5.74, 6) is 1.31. The van der Waals surface area contributed by atoms with E-state index in [2.05, 4.69) is 20.8 Å². The highest BCUT2D eigenvalue weighted by molar-refractivity contribution is 5.93. The van der Waals surface area contributed by atoms with Gasteiger partial charge in [0.05, 0.1) is 5.69 Å². The molecule has 0 aliphatic heterocycles. The number of hydrogen-bond acceptors (Lipinski definition) is 4. The first-order valence-corrected chi connectivity index (χ1v) is 8.90. The Bertz CT molecular complexity index is 753. The Hall–Kier alpha value is -2.83. The molecule has 0 saturated heterocycles. The molecule has 7 nitrogen and oxygen atoms in total. The van der Waals surface area contributed by atoms with Crippen molar-refractivity contribution in [3.63, 3.8) is 0 Å². The molecule has 7 heteroatoms. The topological polar surface area (TPSA) is 96.1 Å². The highest BCUT2D eigenvalue weighted by atomic mass is 16.5. The molecule has 1 aliphatic rings. The third kappa shape index (κ3) is 4.41. The summed E-state index contributed by atoms with van der Waals surface area (Å²) in [6.07, 6.45) is 1.72. The molecule has 2 amide bonds. The van der Waals surface area contributed by atoms with Gasteiger partial charge < -0.3 is 15.4 Å². The summed E-state index contributed by atoms with van der Waals surface area (Å²) in [6, 6.07) is 11.4. The van der Waals surface area contributed by atoms with Crippen LogP contribution in [-0.4, -0.2) is 34.2 Å². The summed E-state index contributed by atoms with van der Waals surface area (Å²) in [7, 11) is 0. The Kier molecular flexibility index (Phi) is 5.55. The monoisotopic (exact) mass is 356 g/mol. The van der Waals surface area contributed by atoms with E-state index in [1.54, 1.807) is 0 Å². The second-order valence-electron chi connectivity index (χ2n) is 6.59. The summed E-state index contributed by atoms with van der Waals surface area (Å²) in [5, 5.41) is 12.9. The maximum absolute atomic E-state index is 12.5. The second-order valence-corrected chi connectivity index (χ2v) is 6.59. The van der Waals surface area contributed by atoms with E-state index >= 15 is 0 Å². The van der Waals surface area contributed by atoms with Gasteiger partial charge in [0.2, 0.25) is 5.91 Å². The Labute approximate surface area is 152 Å². The van der Waals surface area contributed by atoms with E-state index in [0.29, 0.717) is 23.9 Å². The Morgan fingerprint density at radius 1 is 1.31 bits per heavy atom. The normalized spacial score (nSPS) is 19.9. The van der Waals surface area contributed by atoms with Crippen LogP contribution in [0.5, 0.6) is 5.75 Å². The molecular formula is C19H24N4O3. The van der Waals surface area contributed by atoms with Crippen molar-refractivity contribution in [3.05, 3.63) is 42.1 Å². The van der Waals surface area contributed by atoms with E-state index in [-0.39, 0.29) is 17.9 Å². The van der Waals surface area contributed by atoms with E-state index < -0.39 is 6.10 Å². The molecule has 1 aromatic carbocycles. The zero-order chi connectivity index (χ0) is 18.5. The summed E-state index contributed by atoms with van der Waals surface area (Å²) < 4.78 is 5.75. The van der Waals surface area contributed by atoms with Gasteiger partial charge in [0.1, 0.15) is 11.6 Å². The number of para-hydroxylation sites is 1. The van der Waals surface area contributed by atoms with Crippen LogP contribution < -0.4 is 15.4 Å². The number of aromatic nitrogens is 2. The standard InChI is InChI=1S/C19H24N4O3/c1-3-17(26-15-7-5-4-6-8-15)19(25)21-18-11-16(22-23-18)13-9-14(10-13)20-12(2)24/h4-8,11,13-14,17H,3,9-10H2,1-2H3,(H,20,24)(H2,21,22,23,25)/t13-,14+,17?. The number of hydrogen-bond donors (Lipinski definition) is 3. The second kappa shape index (κ2) is 8.03. The third-order valence-corrected chi connectivity index (χ3v) is 4.50. The lowest BCUT2D eigenvalue weighted by Crippen LogP contribution is -2.42. The molecule has 3 N–H and O–H groups in total. The molecule has 1 heterocycles. The highest BCUT2D eigenvalue weighted by Gasteiger charge is 2.32. The minimum Gasteiger partial charge on any atom is -0.481 e. The van der Waals surface area contributed by atoms with Crippen LogP contribution in [0.15, 0.2) is 36.4 Å². The van der Waals surface area contributed by atoms with Gasteiger partial charge in [0, 0.05) is 24.9 Å². The van der Waals surface area contributed by atoms with Crippen molar-refractivity contribution in [1.82, 2.24) is 15.5 Å². The Balaban J connectivity index is 1.53. The zero-order valence-electron chi connectivity index (χ0n) is 15.0. The fraction of sp³-hybridized carbons (Fsp3) is 0.421. The van der Waals surface area contributed by atoms with Crippen LogP contribution >= 0.6 is 0 Å². The number of H-pyrrole nitrogens is 1. The average molecular weight is 356 g/mol. The van der Waals surface area contributed by atoms with Crippen molar-refractivity contribution < 1.29 is 14.3 Å². The minimum atomic E-state index is -0.572. The van der Waals surface area contributed by atoms with E-state index in [1.165, 1.54) is 6.92 Å². The van der Waals surface area contributed by atoms with Crippen LogP contribution in [0.2, 0.25) is 0 Å². The van der Waals surface area contributed by atoms with Gasteiger partial charge >= 0.3 is 0 Å². The lowest BCUT2D eigenvalue weighted by atomic mass is 9.78. The van der Waals surface area contributed by atoms with Gasteiger partial charge in [-0.25, -0.2) is 0 Å². The van der Waals surface area contributed by atoms with Gasteiger partial charge in [-0.1, -0.05) is 25.1 Å². The molecule has 1 unspecified atom stereocenters. The van der Waals surface area contributed by atoms with E-state index in [4.69, 9.17) is 4.74 Å². The molecular weight excluding hydrogens is 332 g/mol. The van der Waals surface area contributed by atoms with Crippen molar-refractivity contribution in [2.24, 2.45) is 0 Å². The van der Waals surface area contributed by atoms with Crippen molar-refractivity contribution in [1.29, 1.82) is 0 Å². The number of nitrogens with one attached hydrogen (secondary N) is 3. The summed E-state index contributed by atoms with van der Waals surface area (Å²) >= 11 is 0. The number of ether oxygens (including phenoxy) is 1. The zero-order valence-corrected chi connectivity index (χ0v) is 15.0. The quantitative estimate of drug-likeness (QED) is 0.710. The molecule has 3 rings (SSSR count). The molecule has 2 aromatic rings. The molecule has 1 aromatic heterocycles. The molecule has 0 spiro atoms. The van der Waals surface area contributed by atoms with Crippen LogP contribution in [0.4, 0.5) is 5.82 Å². The van der Waals surface area contributed by atoms with Crippen molar-refractivity contribution in [2.75, 3.05) is 5.32 Å². The van der Waals surface area contributed by atoms with Gasteiger partial charge in [-0.15, -0.1) is 0 Å². The maximum Gasteiger partial charge on any atom is 0.266 e. The van der Waals surface area contributed by atoms with E-state index in [1.807, 2.05) is 43.3 Å². The van der Waals surface area contributed by atoms with Crippen molar-refractivity contribution in [3.8, 4) is 5.75 Å².